The van der Waals surface area contributed by atoms with E-state index < -0.39 is 0 Å². The van der Waals surface area contributed by atoms with Crippen molar-refractivity contribution in [3.8, 4) is 11.5 Å². The largest absolute Gasteiger partial charge is 0.508 e. The first-order chi connectivity index (χ1) is 16.0. The second-order valence-electron chi connectivity index (χ2n) is 9.21. The third-order valence-electron chi connectivity index (χ3n) is 7.19. The predicted molar refractivity (Wildman–Crippen MR) is 135 cm³/mol. The number of benzene rings is 3. The van der Waals surface area contributed by atoms with Gasteiger partial charge in [0.1, 0.15) is 18.1 Å². The Kier molecular flexibility index (Phi) is 6.22. The minimum Gasteiger partial charge on any atom is -0.508 e. The van der Waals surface area contributed by atoms with Gasteiger partial charge in [-0.3, -0.25) is 4.90 Å². The zero-order valence-electron chi connectivity index (χ0n) is 19.1. The topological polar surface area (TPSA) is 35.9 Å². The Labute approximate surface area is 201 Å². The number of aromatic hydroxyl groups is 1. The van der Waals surface area contributed by atoms with Crippen LogP contribution in [0.25, 0.3) is 0 Å². The Balaban J connectivity index is 1.44. The van der Waals surface area contributed by atoms with E-state index >= 15 is 0 Å². The van der Waals surface area contributed by atoms with Gasteiger partial charge in [0.2, 0.25) is 0 Å². The monoisotopic (exact) mass is 462 g/mol. The predicted octanol–water partition coefficient (Wildman–Crippen LogP) is 5.85. The minimum atomic E-state index is -0.386. The maximum absolute atomic E-state index is 10.1. The van der Waals surface area contributed by atoms with Crippen LogP contribution in [0.5, 0.6) is 11.5 Å². The van der Waals surface area contributed by atoms with Crippen LogP contribution in [0.4, 0.5) is 5.69 Å². The summed E-state index contributed by atoms with van der Waals surface area (Å²) in [6, 6.07) is 22.3. The molecule has 0 amide bonds. The van der Waals surface area contributed by atoms with E-state index in [1.165, 1.54) is 42.6 Å². The van der Waals surface area contributed by atoms with Crippen molar-refractivity contribution in [2.45, 2.75) is 31.7 Å². The van der Waals surface area contributed by atoms with Gasteiger partial charge in [0.05, 0.1) is 5.54 Å². The average Bonchev–Trinajstić information content (AvgIpc) is 3.34. The SMILES string of the molecule is CC1(c2ccc(OCCN3CCCC3)cc2)c2ccc(O)cc2CCN1c1ccc(Cl)cc1. The van der Waals surface area contributed by atoms with Crippen molar-refractivity contribution < 1.29 is 9.84 Å². The average molecular weight is 463 g/mol. The van der Waals surface area contributed by atoms with Crippen molar-refractivity contribution in [2.24, 2.45) is 0 Å². The first kappa shape index (κ1) is 22.1. The lowest BCUT2D eigenvalue weighted by Crippen LogP contribution is -2.49. The summed E-state index contributed by atoms with van der Waals surface area (Å²) < 4.78 is 6.05. The van der Waals surface area contributed by atoms with E-state index in [0.29, 0.717) is 5.75 Å². The summed E-state index contributed by atoms with van der Waals surface area (Å²) in [5.41, 5.74) is 4.34. The Bertz CT molecular complexity index is 1090. The van der Waals surface area contributed by atoms with E-state index in [0.717, 1.165) is 42.6 Å². The summed E-state index contributed by atoms with van der Waals surface area (Å²) in [7, 11) is 0. The van der Waals surface area contributed by atoms with Crippen LogP contribution in [0.15, 0.2) is 66.7 Å². The molecule has 1 saturated heterocycles. The molecule has 0 spiro atoms. The lowest BCUT2D eigenvalue weighted by Gasteiger charge is -2.48. The van der Waals surface area contributed by atoms with E-state index in [1.807, 2.05) is 18.2 Å². The van der Waals surface area contributed by atoms with Gasteiger partial charge < -0.3 is 14.7 Å². The zero-order chi connectivity index (χ0) is 22.8. The lowest BCUT2D eigenvalue weighted by atomic mass is 9.76. The third-order valence-corrected chi connectivity index (χ3v) is 7.44. The lowest BCUT2D eigenvalue weighted by molar-refractivity contribution is 0.237. The fourth-order valence-electron chi connectivity index (χ4n) is 5.36. The van der Waals surface area contributed by atoms with E-state index in [1.54, 1.807) is 6.07 Å². The normalized spacial score (nSPS) is 20.6. The number of rotatable bonds is 6. The first-order valence-corrected chi connectivity index (χ1v) is 12.2. The molecule has 3 aromatic rings. The van der Waals surface area contributed by atoms with Crippen LogP contribution in [0, 0.1) is 0 Å². The van der Waals surface area contributed by atoms with E-state index in [2.05, 4.69) is 59.2 Å². The standard InChI is InChI=1S/C28H31ClN2O2/c1-28(22-4-11-26(12-5-22)33-19-18-30-15-2-3-16-30)27-13-10-25(32)20-21(27)14-17-31(28)24-8-6-23(29)7-9-24/h4-13,20,32H,2-3,14-19H2,1H3. The number of halogens is 1. The molecule has 1 N–H and O–H groups in total. The number of likely N-dealkylation sites (tertiary alicyclic amines) is 1. The molecule has 172 valence electrons. The molecule has 0 aliphatic carbocycles. The molecule has 33 heavy (non-hydrogen) atoms. The maximum Gasteiger partial charge on any atom is 0.119 e. The molecular weight excluding hydrogens is 432 g/mol. The van der Waals surface area contributed by atoms with Gasteiger partial charge in [-0.1, -0.05) is 29.8 Å². The molecular formula is C28H31ClN2O2. The van der Waals surface area contributed by atoms with Crippen molar-refractivity contribution >= 4 is 17.3 Å². The summed E-state index contributed by atoms with van der Waals surface area (Å²) in [5, 5.41) is 10.8. The molecule has 2 aliphatic heterocycles. The van der Waals surface area contributed by atoms with Crippen LogP contribution in [0.2, 0.25) is 5.02 Å². The van der Waals surface area contributed by atoms with Crippen molar-refractivity contribution in [1.82, 2.24) is 4.90 Å². The van der Waals surface area contributed by atoms with Crippen molar-refractivity contribution in [3.05, 3.63) is 88.4 Å². The van der Waals surface area contributed by atoms with Gasteiger partial charge in [-0.25, -0.2) is 0 Å². The van der Waals surface area contributed by atoms with Gasteiger partial charge in [0.15, 0.2) is 0 Å². The summed E-state index contributed by atoms with van der Waals surface area (Å²) in [5.74, 6) is 1.22. The van der Waals surface area contributed by atoms with Crippen LogP contribution < -0.4 is 9.64 Å². The molecule has 4 nitrogen and oxygen atoms in total. The number of phenols is 1. The number of hydrogen-bond donors (Lipinski definition) is 1. The highest BCUT2D eigenvalue weighted by atomic mass is 35.5. The fourth-order valence-corrected chi connectivity index (χ4v) is 5.48. The first-order valence-electron chi connectivity index (χ1n) is 11.9. The molecule has 5 rings (SSSR count). The Morgan fingerprint density at radius 1 is 0.939 bits per heavy atom. The summed E-state index contributed by atoms with van der Waals surface area (Å²) in [4.78, 5) is 4.90. The molecule has 3 aromatic carbocycles. The second kappa shape index (κ2) is 9.28. The molecule has 1 fully saturated rings. The van der Waals surface area contributed by atoms with E-state index in [4.69, 9.17) is 16.3 Å². The molecule has 1 atom stereocenters. The van der Waals surface area contributed by atoms with Crippen molar-refractivity contribution in [2.75, 3.05) is 37.7 Å². The quantitative estimate of drug-likeness (QED) is 0.498. The Hall–Kier alpha value is -2.69. The maximum atomic E-state index is 10.1. The van der Waals surface area contributed by atoms with Crippen molar-refractivity contribution in [1.29, 1.82) is 0 Å². The van der Waals surface area contributed by atoms with Gasteiger partial charge in [0.25, 0.3) is 0 Å². The summed E-state index contributed by atoms with van der Waals surface area (Å²) in [6.07, 6.45) is 3.48. The third kappa shape index (κ3) is 4.42. The van der Waals surface area contributed by atoms with Crippen LogP contribution in [0.1, 0.15) is 36.5 Å². The molecule has 2 aliphatic rings. The summed E-state index contributed by atoms with van der Waals surface area (Å²) in [6.45, 7) is 7.20. The minimum absolute atomic E-state index is 0.317. The van der Waals surface area contributed by atoms with E-state index in [-0.39, 0.29) is 5.54 Å². The smallest absolute Gasteiger partial charge is 0.119 e. The zero-order valence-corrected chi connectivity index (χ0v) is 19.9. The Morgan fingerprint density at radius 3 is 2.39 bits per heavy atom. The van der Waals surface area contributed by atoms with Gasteiger partial charge in [-0.2, -0.15) is 0 Å². The highest BCUT2D eigenvalue weighted by molar-refractivity contribution is 6.30. The molecule has 0 aromatic heterocycles. The number of nitrogens with zero attached hydrogens (tertiary/aromatic N) is 2. The molecule has 2 heterocycles. The molecule has 0 bridgehead atoms. The summed E-state index contributed by atoms with van der Waals surface area (Å²) >= 11 is 6.17. The fraction of sp³-hybridized carbons (Fsp3) is 0.357. The van der Waals surface area contributed by atoms with Crippen molar-refractivity contribution in [3.63, 3.8) is 0 Å². The van der Waals surface area contributed by atoms with E-state index in [9.17, 15) is 5.11 Å². The van der Waals surface area contributed by atoms with Gasteiger partial charge in [-0.05, 0) is 104 Å². The highest BCUT2D eigenvalue weighted by Crippen LogP contribution is 2.44. The number of hydrogen-bond acceptors (Lipinski definition) is 4. The molecule has 5 heteroatoms. The van der Waals surface area contributed by atoms with Gasteiger partial charge >= 0.3 is 0 Å². The molecule has 1 unspecified atom stereocenters. The number of fused-ring (bicyclic) bond motifs is 1. The Morgan fingerprint density at radius 2 is 1.67 bits per heavy atom. The van der Waals surface area contributed by atoms with Gasteiger partial charge in [-0.15, -0.1) is 0 Å². The van der Waals surface area contributed by atoms with Crippen LogP contribution in [-0.2, 0) is 12.0 Å². The van der Waals surface area contributed by atoms with Gasteiger partial charge in [0, 0.05) is 23.8 Å². The van der Waals surface area contributed by atoms with Crippen LogP contribution in [0.3, 0.4) is 0 Å². The number of phenolic OH excluding ortho intramolecular Hbond substituents is 1. The molecule has 0 saturated carbocycles. The van der Waals surface area contributed by atoms with Crippen LogP contribution in [-0.4, -0.2) is 42.8 Å². The van der Waals surface area contributed by atoms with Crippen LogP contribution >= 0.6 is 11.6 Å². The molecule has 0 radical (unpaired) electrons. The second-order valence-corrected chi connectivity index (χ2v) is 9.65. The number of anilines is 1. The number of ether oxygens (including phenoxy) is 1. The highest BCUT2D eigenvalue weighted by Gasteiger charge is 2.40.